The van der Waals surface area contributed by atoms with E-state index in [9.17, 15) is 9.50 Å². The third kappa shape index (κ3) is 2.53. The van der Waals surface area contributed by atoms with Gasteiger partial charge in [0.2, 0.25) is 0 Å². The van der Waals surface area contributed by atoms with Crippen LogP contribution in [0.25, 0.3) is 0 Å². The Kier molecular flexibility index (Phi) is 3.44. The predicted octanol–water partition coefficient (Wildman–Crippen LogP) is 3.06. The lowest BCUT2D eigenvalue weighted by molar-refractivity contribution is 0.153. The van der Waals surface area contributed by atoms with Gasteiger partial charge in [0.05, 0.1) is 18.8 Å². The maximum Gasteiger partial charge on any atom is 0.132 e. The van der Waals surface area contributed by atoms with Gasteiger partial charge in [0.25, 0.3) is 0 Å². The first-order valence-electron chi connectivity index (χ1n) is 5.73. The molecule has 1 aliphatic rings. The summed E-state index contributed by atoms with van der Waals surface area (Å²) in [5, 5.41) is 9.97. The molecule has 1 fully saturated rings. The molecule has 16 heavy (non-hydrogen) atoms. The molecule has 1 N–H and O–H groups in total. The van der Waals surface area contributed by atoms with Crippen LogP contribution in [-0.4, -0.2) is 12.2 Å². The van der Waals surface area contributed by atoms with Crippen LogP contribution in [0.4, 0.5) is 4.39 Å². The molecule has 1 aliphatic carbocycles. The van der Waals surface area contributed by atoms with Gasteiger partial charge in [0.15, 0.2) is 0 Å². The summed E-state index contributed by atoms with van der Waals surface area (Å²) in [7, 11) is 1.49. The van der Waals surface area contributed by atoms with Crippen LogP contribution in [-0.2, 0) is 0 Å². The highest BCUT2D eigenvalue weighted by molar-refractivity contribution is 5.36. The molecule has 2 rings (SSSR count). The summed E-state index contributed by atoms with van der Waals surface area (Å²) in [5.41, 5.74) is 0.297. The average Bonchev–Trinajstić information content (AvgIpc) is 3.09. The van der Waals surface area contributed by atoms with E-state index in [1.165, 1.54) is 26.0 Å². The van der Waals surface area contributed by atoms with Crippen molar-refractivity contribution in [3.8, 4) is 5.75 Å². The van der Waals surface area contributed by atoms with Crippen LogP contribution in [0.5, 0.6) is 5.75 Å². The van der Waals surface area contributed by atoms with Gasteiger partial charge in [0, 0.05) is 0 Å². The Labute approximate surface area is 95.1 Å². The van der Waals surface area contributed by atoms with Gasteiger partial charge in [-0.2, -0.15) is 0 Å². The Morgan fingerprint density at radius 1 is 1.50 bits per heavy atom. The van der Waals surface area contributed by atoms with Crippen molar-refractivity contribution in [3.63, 3.8) is 0 Å². The molecule has 1 aromatic rings. The first-order chi connectivity index (χ1) is 7.72. The number of ether oxygens (including phenoxy) is 1. The van der Waals surface area contributed by atoms with Crippen LogP contribution < -0.4 is 4.74 Å². The number of rotatable bonds is 5. The number of aliphatic hydroxyl groups is 1. The smallest absolute Gasteiger partial charge is 0.132 e. The first-order valence-corrected chi connectivity index (χ1v) is 5.73. The van der Waals surface area contributed by atoms with Crippen LogP contribution in [0.2, 0.25) is 0 Å². The van der Waals surface area contributed by atoms with Crippen molar-refractivity contribution in [3.05, 3.63) is 29.6 Å². The van der Waals surface area contributed by atoms with Crippen molar-refractivity contribution >= 4 is 0 Å². The average molecular weight is 224 g/mol. The van der Waals surface area contributed by atoms with Crippen molar-refractivity contribution in [1.82, 2.24) is 0 Å². The molecule has 0 amide bonds. The highest BCUT2D eigenvalue weighted by atomic mass is 19.1. The number of halogens is 1. The minimum Gasteiger partial charge on any atom is -0.496 e. The molecule has 0 bridgehead atoms. The Bertz CT molecular complexity index is 361. The van der Waals surface area contributed by atoms with Gasteiger partial charge in [-0.3, -0.25) is 0 Å². The van der Waals surface area contributed by atoms with Crippen molar-refractivity contribution in [2.45, 2.75) is 31.8 Å². The molecule has 1 unspecified atom stereocenters. The van der Waals surface area contributed by atoms with Crippen molar-refractivity contribution in [2.75, 3.05) is 7.11 Å². The Balaban J connectivity index is 2.09. The van der Waals surface area contributed by atoms with Gasteiger partial charge in [-0.15, -0.1) is 0 Å². The minimum absolute atomic E-state index is 0.297. The summed E-state index contributed by atoms with van der Waals surface area (Å²) < 4.78 is 18.7. The molecule has 1 atom stereocenters. The third-order valence-corrected chi connectivity index (χ3v) is 3.11. The number of aliphatic hydroxyl groups excluding tert-OH is 1. The largest absolute Gasteiger partial charge is 0.496 e. The predicted molar refractivity (Wildman–Crippen MR) is 59.9 cm³/mol. The Morgan fingerprint density at radius 3 is 2.88 bits per heavy atom. The molecule has 1 aromatic carbocycles. The van der Waals surface area contributed by atoms with E-state index < -0.39 is 6.10 Å². The quantitative estimate of drug-likeness (QED) is 0.833. The van der Waals surface area contributed by atoms with Crippen molar-refractivity contribution in [2.24, 2.45) is 5.92 Å². The zero-order chi connectivity index (χ0) is 11.5. The number of hydrogen-bond donors (Lipinski definition) is 1. The molecule has 2 nitrogen and oxygen atoms in total. The highest BCUT2D eigenvalue weighted by Gasteiger charge is 2.24. The zero-order valence-electron chi connectivity index (χ0n) is 9.45. The van der Waals surface area contributed by atoms with Gasteiger partial charge >= 0.3 is 0 Å². The summed E-state index contributed by atoms with van der Waals surface area (Å²) in [6.07, 6.45) is 3.33. The van der Waals surface area contributed by atoms with E-state index in [0.29, 0.717) is 17.7 Å². The molecule has 3 heteroatoms. The summed E-state index contributed by atoms with van der Waals surface area (Å²) in [5.74, 6) is 0.790. The molecule has 0 radical (unpaired) electrons. The molecular weight excluding hydrogens is 207 g/mol. The topological polar surface area (TPSA) is 29.5 Å². The van der Waals surface area contributed by atoms with Gasteiger partial charge in [-0.05, 0) is 30.9 Å². The van der Waals surface area contributed by atoms with Crippen LogP contribution in [0.3, 0.4) is 0 Å². The molecule has 0 heterocycles. The fourth-order valence-corrected chi connectivity index (χ4v) is 1.96. The lowest BCUT2D eigenvalue weighted by atomic mass is 10.0. The zero-order valence-corrected chi connectivity index (χ0v) is 9.45. The second-order valence-electron chi connectivity index (χ2n) is 4.39. The van der Waals surface area contributed by atoms with Gasteiger partial charge in [0.1, 0.15) is 11.6 Å². The molecule has 88 valence electrons. The van der Waals surface area contributed by atoms with Gasteiger partial charge in [-0.25, -0.2) is 4.39 Å². The normalized spacial score (nSPS) is 17.2. The monoisotopic (exact) mass is 224 g/mol. The fourth-order valence-electron chi connectivity index (χ4n) is 1.96. The van der Waals surface area contributed by atoms with Crippen LogP contribution in [0, 0.1) is 11.7 Å². The lowest BCUT2D eigenvalue weighted by Crippen LogP contribution is -2.04. The number of methoxy groups -OCH3 is 1. The third-order valence-electron chi connectivity index (χ3n) is 3.11. The molecule has 0 spiro atoms. The summed E-state index contributed by atoms with van der Waals surface area (Å²) in [6.45, 7) is 0. The molecule has 0 saturated heterocycles. The summed E-state index contributed by atoms with van der Waals surface area (Å²) in [4.78, 5) is 0. The molecule has 1 saturated carbocycles. The Hall–Kier alpha value is -1.09. The maximum absolute atomic E-state index is 13.6. The van der Waals surface area contributed by atoms with Crippen LogP contribution in [0.15, 0.2) is 18.2 Å². The molecular formula is C13H17FO2. The van der Waals surface area contributed by atoms with E-state index in [1.54, 1.807) is 12.1 Å². The molecule has 0 aliphatic heterocycles. The van der Waals surface area contributed by atoms with E-state index >= 15 is 0 Å². The molecule has 0 aromatic heterocycles. The van der Waals surface area contributed by atoms with Crippen LogP contribution in [0.1, 0.15) is 37.4 Å². The highest BCUT2D eigenvalue weighted by Crippen LogP contribution is 2.37. The summed E-state index contributed by atoms with van der Waals surface area (Å²) >= 11 is 0. The minimum atomic E-state index is -0.753. The van der Waals surface area contributed by atoms with E-state index in [0.717, 1.165) is 12.3 Å². The number of hydrogen-bond acceptors (Lipinski definition) is 2. The van der Waals surface area contributed by atoms with E-state index in [2.05, 4.69) is 0 Å². The van der Waals surface area contributed by atoms with Crippen LogP contribution >= 0.6 is 0 Å². The van der Waals surface area contributed by atoms with Gasteiger partial charge < -0.3 is 9.84 Å². The maximum atomic E-state index is 13.6. The number of benzene rings is 1. The van der Waals surface area contributed by atoms with E-state index in [4.69, 9.17) is 4.74 Å². The van der Waals surface area contributed by atoms with E-state index in [-0.39, 0.29) is 5.82 Å². The second kappa shape index (κ2) is 4.83. The fraction of sp³-hybridized carbons (Fsp3) is 0.538. The van der Waals surface area contributed by atoms with Gasteiger partial charge in [-0.1, -0.05) is 18.9 Å². The van der Waals surface area contributed by atoms with Crippen molar-refractivity contribution < 1.29 is 14.2 Å². The Morgan fingerprint density at radius 2 is 2.25 bits per heavy atom. The van der Waals surface area contributed by atoms with E-state index in [1.807, 2.05) is 0 Å². The standard InChI is InChI=1S/C13H17FO2/c1-16-12-4-2-3-10(14)13(12)11(15)8-7-9-5-6-9/h2-4,9,11,15H,5-8H2,1H3. The van der Waals surface area contributed by atoms with Crippen molar-refractivity contribution in [1.29, 1.82) is 0 Å². The SMILES string of the molecule is COc1cccc(F)c1C(O)CCC1CC1. The summed E-state index contributed by atoms with van der Waals surface area (Å²) in [6, 6.07) is 4.63. The second-order valence-corrected chi connectivity index (χ2v) is 4.39. The lowest BCUT2D eigenvalue weighted by Gasteiger charge is -2.15. The first kappa shape index (κ1) is 11.4.